The molecule has 2 aliphatic rings. The summed E-state index contributed by atoms with van der Waals surface area (Å²) in [6, 6.07) is 8.12. The Kier molecular flexibility index (Phi) is 4.73. The number of nitrogens with two attached hydrogens (primary N) is 1. The van der Waals surface area contributed by atoms with Crippen molar-refractivity contribution in [1.29, 1.82) is 5.26 Å². The van der Waals surface area contributed by atoms with Crippen molar-refractivity contribution < 1.29 is 9.72 Å². The molecule has 8 nitrogen and oxygen atoms in total. The third kappa shape index (κ3) is 3.14. The Balaban J connectivity index is 2.24. The molecule has 1 aliphatic heterocycles. The van der Waals surface area contributed by atoms with Gasteiger partial charge in [-0.15, -0.1) is 0 Å². The zero-order valence-corrected chi connectivity index (χ0v) is 16.4. The molecule has 0 saturated heterocycles. The predicted molar refractivity (Wildman–Crippen MR) is 103 cm³/mol. The van der Waals surface area contributed by atoms with E-state index in [1.54, 1.807) is 22.2 Å². The van der Waals surface area contributed by atoms with Crippen molar-refractivity contribution in [3.63, 3.8) is 0 Å². The van der Waals surface area contributed by atoms with E-state index in [2.05, 4.69) is 6.07 Å². The summed E-state index contributed by atoms with van der Waals surface area (Å²) in [7, 11) is 3.62. The summed E-state index contributed by atoms with van der Waals surface area (Å²) >= 11 is 0. The average Bonchev–Trinajstić information content (AvgIpc) is 2.59. The number of nitriles is 1. The Bertz CT molecular complexity index is 951. The normalized spacial score (nSPS) is 21.6. The molecule has 0 fully saturated rings. The highest BCUT2D eigenvalue weighted by molar-refractivity contribution is 6.00. The molecule has 0 saturated carbocycles. The van der Waals surface area contributed by atoms with Gasteiger partial charge in [-0.05, 0) is 17.4 Å². The number of rotatable bonds is 3. The minimum absolute atomic E-state index is 0.0262. The van der Waals surface area contributed by atoms with Crippen LogP contribution in [0.3, 0.4) is 0 Å². The number of hydrogen-bond donors (Lipinski definition) is 1. The maximum atomic E-state index is 13.2. The molecule has 0 spiro atoms. The molecule has 1 aromatic carbocycles. The maximum Gasteiger partial charge on any atom is 0.269 e. The van der Waals surface area contributed by atoms with Gasteiger partial charge in [0.15, 0.2) is 5.78 Å². The van der Waals surface area contributed by atoms with Gasteiger partial charge in [0.2, 0.25) is 0 Å². The lowest BCUT2D eigenvalue weighted by Crippen LogP contribution is -2.47. The number of Topliss-reactive ketones (excluding diaryl/α,β-unsaturated/α-hetero) is 1. The smallest absolute Gasteiger partial charge is 0.269 e. The van der Waals surface area contributed by atoms with Crippen LogP contribution in [-0.4, -0.2) is 34.8 Å². The second-order valence-corrected chi connectivity index (χ2v) is 8.15. The molecule has 1 aliphatic carbocycles. The molecule has 1 aromatic rings. The largest absolute Gasteiger partial charge is 0.383 e. The molecule has 0 aromatic heterocycles. The third-order valence-electron chi connectivity index (χ3n) is 5.19. The summed E-state index contributed by atoms with van der Waals surface area (Å²) in [6.07, 6.45) is 1.00. The van der Waals surface area contributed by atoms with Crippen LogP contribution in [-0.2, 0) is 4.79 Å². The fourth-order valence-corrected chi connectivity index (χ4v) is 4.07. The summed E-state index contributed by atoms with van der Waals surface area (Å²) in [5, 5.41) is 24.3. The topological polar surface area (TPSA) is 116 Å². The second-order valence-electron chi connectivity index (χ2n) is 8.15. The average molecular weight is 381 g/mol. The number of nitro benzene ring substituents is 1. The molecule has 28 heavy (non-hydrogen) atoms. The van der Waals surface area contributed by atoms with E-state index in [1.165, 1.54) is 12.1 Å². The summed E-state index contributed by atoms with van der Waals surface area (Å²) in [5.74, 6) is -0.373. The maximum absolute atomic E-state index is 13.2. The van der Waals surface area contributed by atoms with Crippen molar-refractivity contribution >= 4 is 11.5 Å². The highest BCUT2D eigenvalue weighted by Crippen LogP contribution is 2.49. The number of carbonyl (C=O) groups excluding carboxylic acids is 1. The van der Waals surface area contributed by atoms with Crippen LogP contribution < -0.4 is 5.73 Å². The number of nitrogens with zero attached hydrogens (tertiary/aromatic N) is 4. The van der Waals surface area contributed by atoms with Gasteiger partial charge in [0.05, 0.1) is 22.5 Å². The highest BCUT2D eigenvalue weighted by Gasteiger charge is 2.44. The Morgan fingerprint density at radius 1 is 1.29 bits per heavy atom. The summed E-state index contributed by atoms with van der Waals surface area (Å²) in [6.45, 7) is 4.06. The summed E-state index contributed by atoms with van der Waals surface area (Å²) in [5.41, 5.74) is 8.34. The standard InChI is InChI=1S/C20H23N5O3/c1-20(2)9-15-18(16(26)10-20)17(12-5-7-13(8-6-12)25(27)28)14(11-21)19(22)24(15)23(3)4/h5-8,17H,9-10,22H2,1-4H3. The van der Waals surface area contributed by atoms with Gasteiger partial charge in [0.25, 0.3) is 5.69 Å². The first-order chi connectivity index (χ1) is 13.1. The number of nitro groups is 1. The summed E-state index contributed by atoms with van der Waals surface area (Å²) in [4.78, 5) is 23.7. The predicted octanol–water partition coefficient (Wildman–Crippen LogP) is 2.81. The minimum atomic E-state index is -0.624. The van der Waals surface area contributed by atoms with E-state index in [1.807, 2.05) is 27.9 Å². The molecule has 1 unspecified atom stereocenters. The number of hydrazine groups is 1. The molecule has 0 radical (unpaired) electrons. The molecule has 0 bridgehead atoms. The zero-order chi connectivity index (χ0) is 20.8. The van der Waals surface area contributed by atoms with Crippen LogP contribution in [0.2, 0.25) is 0 Å². The van der Waals surface area contributed by atoms with Crippen LogP contribution in [0.1, 0.15) is 38.2 Å². The lowest BCUT2D eigenvalue weighted by atomic mass is 9.69. The highest BCUT2D eigenvalue weighted by atomic mass is 16.6. The summed E-state index contributed by atoms with van der Waals surface area (Å²) < 4.78 is 0. The first kappa shape index (κ1) is 19.6. The van der Waals surface area contributed by atoms with Gasteiger partial charge >= 0.3 is 0 Å². The first-order valence-corrected chi connectivity index (χ1v) is 8.95. The van der Waals surface area contributed by atoms with E-state index in [4.69, 9.17) is 5.73 Å². The fourth-order valence-electron chi connectivity index (χ4n) is 4.07. The van der Waals surface area contributed by atoms with Crippen LogP contribution in [0.25, 0.3) is 0 Å². The SMILES string of the molecule is CN(C)N1C(N)=C(C#N)C(c2ccc([N+](=O)[O-])cc2)C2=C1CC(C)(C)CC2=O. The van der Waals surface area contributed by atoms with Gasteiger partial charge < -0.3 is 5.73 Å². The number of carbonyl (C=O) groups is 1. The van der Waals surface area contributed by atoms with Gasteiger partial charge in [0, 0.05) is 43.9 Å². The first-order valence-electron chi connectivity index (χ1n) is 8.95. The van der Waals surface area contributed by atoms with Crippen molar-refractivity contribution in [3.8, 4) is 6.07 Å². The van der Waals surface area contributed by atoms with Gasteiger partial charge in [-0.2, -0.15) is 5.26 Å². The lowest BCUT2D eigenvalue weighted by Gasteiger charge is -2.45. The van der Waals surface area contributed by atoms with E-state index < -0.39 is 10.8 Å². The van der Waals surface area contributed by atoms with Crippen LogP contribution in [0, 0.1) is 26.9 Å². The Morgan fingerprint density at radius 3 is 2.39 bits per heavy atom. The van der Waals surface area contributed by atoms with Gasteiger partial charge in [-0.1, -0.05) is 26.0 Å². The number of non-ortho nitro benzene ring substituents is 1. The number of benzene rings is 1. The van der Waals surface area contributed by atoms with Crippen LogP contribution in [0.5, 0.6) is 0 Å². The van der Waals surface area contributed by atoms with E-state index in [-0.39, 0.29) is 28.3 Å². The van der Waals surface area contributed by atoms with E-state index in [0.29, 0.717) is 24.0 Å². The quantitative estimate of drug-likeness (QED) is 0.632. The van der Waals surface area contributed by atoms with Crippen molar-refractivity contribution in [2.45, 2.75) is 32.6 Å². The molecule has 146 valence electrons. The van der Waals surface area contributed by atoms with E-state index in [0.717, 1.165) is 5.70 Å². The molecule has 1 heterocycles. The Morgan fingerprint density at radius 2 is 1.89 bits per heavy atom. The fraction of sp³-hybridized carbons (Fsp3) is 0.400. The van der Waals surface area contributed by atoms with Gasteiger partial charge in [0.1, 0.15) is 5.82 Å². The molecular weight excluding hydrogens is 358 g/mol. The molecule has 0 amide bonds. The number of allylic oxidation sites excluding steroid dienone is 3. The molecule has 1 atom stereocenters. The Hall–Kier alpha value is -3.18. The monoisotopic (exact) mass is 381 g/mol. The van der Waals surface area contributed by atoms with E-state index >= 15 is 0 Å². The van der Waals surface area contributed by atoms with Crippen molar-refractivity contribution in [2.75, 3.05) is 14.1 Å². The molecule has 3 rings (SSSR count). The van der Waals surface area contributed by atoms with Gasteiger partial charge in [-0.25, -0.2) is 5.01 Å². The minimum Gasteiger partial charge on any atom is -0.383 e. The van der Waals surface area contributed by atoms with Crippen molar-refractivity contribution in [3.05, 3.63) is 62.6 Å². The van der Waals surface area contributed by atoms with Crippen LogP contribution >= 0.6 is 0 Å². The van der Waals surface area contributed by atoms with Crippen molar-refractivity contribution in [2.24, 2.45) is 11.1 Å². The Labute approximate surface area is 163 Å². The van der Waals surface area contributed by atoms with Crippen LogP contribution in [0.15, 0.2) is 46.9 Å². The second kappa shape index (κ2) is 6.77. The zero-order valence-electron chi connectivity index (χ0n) is 16.4. The molecular formula is C20H23N5O3. The molecule has 2 N–H and O–H groups in total. The van der Waals surface area contributed by atoms with Gasteiger partial charge in [-0.3, -0.25) is 19.9 Å². The van der Waals surface area contributed by atoms with Crippen LogP contribution in [0.4, 0.5) is 5.69 Å². The number of hydrogen-bond acceptors (Lipinski definition) is 7. The third-order valence-corrected chi connectivity index (χ3v) is 5.19. The number of ketones is 1. The van der Waals surface area contributed by atoms with E-state index in [9.17, 15) is 20.2 Å². The lowest BCUT2D eigenvalue weighted by molar-refractivity contribution is -0.384. The van der Waals surface area contributed by atoms with Crippen molar-refractivity contribution in [1.82, 2.24) is 10.0 Å². The molecule has 8 heteroatoms.